The van der Waals surface area contributed by atoms with Crippen LogP contribution in [0.5, 0.6) is 0 Å². The molecule has 0 radical (unpaired) electrons. The number of hydrogen-bond acceptors (Lipinski definition) is 4. The molecule has 0 spiro atoms. The van der Waals surface area contributed by atoms with Crippen LogP contribution in [-0.2, 0) is 22.6 Å². The molecule has 0 atom stereocenters. The number of nitrogens with zero attached hydrogens (tertiary/aromatic N) is 2. The second-order valence-corrected chi connectivity index (χ2v) is 5.40. The van der Waals surface area contributed by atoms with Crippen molar-refractivity contribution in [3.05, 3.63) is 29.3 Å². The molecule has 102 valence electrons. The van der Waals surface area contributed by atoms with Crippen molar-refractivity contribution in [2.75, 3.05) is 4.90 Å². The van der Waals surface area contributed by atoms with E-state index in [1.807, 2.05) is 12.1 Å². The lowest BCUT2D eigenvalue weighted by Gasteiger charge is -2.29. The van der Waals surface area contributed by atoms with Gasteiger partial charge in [0.15, 0.2) is 0 Å². The van der Waals surface area contributed by atoms with Gasteiger partial charge in [0.05, 0.1) is 11.8 Å². The summed E-state index contributed by atoms with van der Waals surface area (Å²) in [6.45, 7) is 0.428. The van der Waals surface area contributed by atoms with Crippen molar-refractivity contribution >= 4 is 17.5 Å². The van der Waals surface area contributed by atoms with Crippen LogP contribution in [0.2, 0.25) is 0 Å². The molecule has 0 bridgehead atoms. The number of nitrogens with two attached hydrogens (primary N) is 1. The van der Waals surface area contributed by atoms with Crippen LogP contribution in [0, 0.1) is 16.7 Å². The summed E-state index contributed by atoms with van der Waals surface area (Å²) < 4.78 is 0. The Morgan fingerprint density at radius 2 is 2.15 bits per heavy atom. The van der Waals surface area contributed by atoms with Crippen molar-refractivity contribution < 1.29 is 9.59 Å². The molecule has 1 aromatic rings. The Labute approximate surface area is 117 Å². The zero-order valence-corrected chi connectivity index (χ0v) is 11.1. The highest BCUT2D eigenvalue weighted by Crippen LogP contribution is 2.48. The quantitative estimate of drug-likeness (QED) is 0.819. The predicted molar refractivity (Wildman–Crippen MR) is 72.4 cm³/mol. The highest BCUT2D eigenvalue weighted by atomic mass is 16.2. The molecule has 2 aliphatic rings. The number of aryl methyl sites for hydroxylation is 1. The van der Waals surface area contributed by atoms with Crippen LogP contribution in [0.4, 0.5) is 5.69 Å². The summed E-state index contributed by atoms with van der Waals surface area (Å²) in [4.78, 5) is 25.8. The third-order valence-corrected chi connectivity index (χ3v) is 4.05. The van der Waals surface area contributed by atoms with Gasteiger partial charge in [-0.25, -0.2) is 4.90 Å². The summed E-state index contributed by atoms with van der Waals surface area (Å²) in [5.41, 5.74) is 7.19. The lowest BCUT2D eigenvalue weighted by atomic mass is 9.96. The average molecular weight is 269 g/mol. The first kappa shape index (κ1) is 12.8. The maximum Gasteiger partial charge on any atom is 0.254 e. The molecule has 0 aromatic heterocycles. The second-order valence-electron chi connectivity index (χ2n) is 5.40. The Kier molecular flexibility index (Phi) is 2.84. The number of imide groups is 1. The Morgan fingerprint density at radius 3 is 2.75 bits per heavy atom. The molecule has 0 saturated heterocycles. The number of fused-ring (bicyclic) bond motifs is 1. The van der Waals surface area contributed by atoms with Crippen LogP contribution < -0.4 is 10.6 Å². The third kappa shape index (κ3) is 1.81. The molecular formula is C15H15N3O2. The SMILES string of the molecule is N#CC1(C(=O)N2C(=O)CCc3cc(CN)ccc32)CC1. The largest absolute Gasteiger partial charge is 0.326 e. The first-order valence-corrected chi connectivity index (χ1v) is 6.72. The van der Waals surface area contributed by atoms with Gasteiger partial charge in [0.25, 0.3) is 5.91 Å². The highest BCUT2D eigenvalue weighted by molar-refractivity contribution is 6.19. The molecule has 1 aliphatic carbocycles. The van der Waals surface area contributed by atoms with Gasteiger partial charge in [-0.2, -0.15) is 5.26 Å². The van der Waals surface area contributed by atoms with Crippen LogP contribution >= 0.6 is 0 Å². The van der Waals surface area contributed by atoms with E-state index in [-0.39, 0.29) is 11.8 Å². The smallest absolute Gasteiger partial charge is 0.254 e. The van der Waals surface area contributed by atoms with E-state index in [2.05, 4.69) is 6.07 Å². The molecule has 1 aromatic carbocycles. The molecule has 1 saturated carbocycles. The molecule has 2 amide bonds. The van der Waals surface area contributed by atoms with Gasteiger partial charge >= 0.3 is 0 Å². The zero-order chi connectivity index (χ0) is 14.3. The van der Waals surface area contributed by atoms with Crippen LogP contribution in [0.25, 0.3) is 0 Å². The van der Waals surface area contributed by atoms with Crippen molar-refractivity contribution in [2.45, 2.75) is 32.2 Å². The molecular weight excluding hydrogens is 254 g/mol. The van der Waals surface area contributed by atoms with Gasteiger partial charge < -0.3 is 5.73 Å². The van der Waals surface area contributed by atoms with Crippen LogP contribution in [0.15, 0.2) is 18.2 Å². The van der Waals surface area contributed by atoms with E-state index in [0.29, 0.717) is 37.9 Å². The summed E-state index contributed by atoms with van der Waals surface area (Å²) in [6.07, 6.45) is 2.00. The molecule has 3 rings (SSSR count). The van der Waals surface area contributed by atoms with E-state index in [0.717, 1.165) is 11.1 Å². The lowest BCUT2D eigenvalue weighted by molar-refractivity contribution is -0.128. The third-order valence-electron chi connectivity index (χ3n) is 4.05. The fourth-order valence-electron chi connectivity index (χ4n) is 2.61. The van der Waals surface area contributed by atoms with Crippen LogP contribution in [0.3, 0.4) is 0 Å². The zero-order valence-electron chi connectivity index (χ0n) is 11.1. The fraction of sp³-hybridized carbons (Fsp3) is 0.400. The molecule has 1 heterocycles. The van der Waals surface area contributed by atoms with Gasteiger partial charge in [0.1, 0.15) is 5.41 Å². The van der Waals surface area contributed by atoms with Gasteiger partial charge in [0, 0.05) is 13.0 Å². The summed E-state index contributed by atoms with van der Waals surface area (Å²) in [5, 5.41) is 9.15. The van der Waals surface area contributed by atoms with Gasteiger partial charge in [0.2, 0.25) is 5.91 Å². The van der Waals surface area contributed by atoms with Gasteiger partial charge in [-0.05, 0) is 36.5 Å². The van der Waals surface area contributed by atoms with E-state index in [9.17, 15) is 9.59 Å². The molecule has 1 aliphatic heterocycles. The number of carbonyl (C=O) groups is 2. The normalized spacial score (nSPS) is 19.2. The number of nitriles is 1. The predicted octanol–water partition coefficient (Wildman–Crippen LogP) is 1.25. The standard InChI is InChI=1S/C15H15N3O2/c16-8-10-1-3-12-11(7-10)2-4-13(19)18(12)14(20)15(9-17)5-6-15/h1,3,7H,2,4-6,8,16H2. The maximum atomic E-state index is 12.5. The molecule has 1 fully saturated rings. The molecule has 20 heavy (non-hydrogen) atoms. The highest BCUT2D eigenvalue weighted by Gasteiger charge is 2.54. The maximum absolute atomic E-state index is 12.5. The lowest BCUT2D eigenvalue weighted by Crippen LogP contribution is -2.44. The Morgan fingerprint density at radius 1 is 1.40 bits per heavy atom. The first-order valence-electron chi connectivity index (χ1n) is 6.72. The first-order chi connectivity index (χ1) is 9.61. The summed E-state index contributed by atoms with van der Waals surface area (Å²) in [6, 6.07) is 7.59. The number of amides is 2. The number of hydrogen-bond donors (Lipinski definition) is 1. The summed E-state index contributed by atoms with van der Waals surface area (Å²) >= 11 is 0. The number of carbonyl (C=O) groups excluding carboxylic acids is 2. The number of anilines is 1. The minimum Gasteiger partial charge on any atom is -0.326 e. The van der Waals surface area contributed by atoms with E-state index in [4.69, 9.17) is 11.0 Å². The van der Waals surface area contributed by atoms with Crippen LogP contribution in [-0.4, -0.2) is 11.8 Å². The Bertz CT molecular complexity index is 641. The van der Waals surface area contributed by atoms with Crippen molar-refractivity contribution in [3.8, 4) is 6.07 Å². The molecule has 0 unspecified atom stereocenters. The fourth-order valence-corrected chi connectivity index (χ4v) is 2.61. The van der Waals surface area contributed by atoms with Crippen molar-refractivity contribution in [1.29, 1.82) is 5.26 Å². The monoisotopic (exact) mass is 269 g/mol. The van der Waals surface area contributed by atoms with E-state index < -0.39 is 5.41 Å². The minimum absolute atomic E-state index is 0.218. The van der Waals surface area contributed by atoms with Gasteiger partial charge in [-0.3, -0.25) is 9.59 Å². The summed E-state index contributed by atoms with van der Waals surface area (Å²) in [7, 11) is 0. The molecule has 5 nitrogen and oxygen atoms in total. The molecule has 5 heteroatoms. The second kappa shape index (κ2) is 4.43. The van der Waals surface area contributed by atoms with E-state index >= 15 is 0 Å². The Balaban J connectivity index is 2.02. The Hall–Kier alpha value is -2.19. The summed E-state index contributed by atoms with van der Waals surface area (Å²) in [5.74, 6) is -0.587. The topological polar surface area (TPSA) is 87.2 Å². The van der Waals surface area contributed by atoms with E-state index in [1.165, 1.54) is 4.90 Å². The average Bonchev–Trinajstić information content (AvgIpc) is 3.27. The van der Waals surface area contributed by atoms with E-state index in [1.54, 1.807) is 6.07 Å². The van der Waals surface area contributed by atoms with Gasteiger partial charge in [-0.1, -0.05) is 12.1 Å². The van der Waals surface area contributed by atoms with Crippen molar-refractivity contribution in [2.24, 2.45) is 11.1 Å². The van der Waals surface area contributed by atoms with Crippen LogP contribution in [0.1, 0.15) is 30.4 Å². The number of benzene rings is 1. The van der Waals surface area contributed by atoms with Gasteiger partial charge in [-0.15, -0.1) is 0 Å². The molecule has 2 N–H and O–H groups in total. The van der Waals surface area contributed by atoms with Crippen molar-refractivity contribution in [1.82, 2.24) is 0 Å². The minimum atomic E-state index is -0.975. The number of rotatable bonds is 2. The van der Waals surface area contributed by atoms with Crippen molar-refractivity contribution in [3.63, 3.8) is 0 Å².